The summed E-state index contributed by atoms with van der Waals surface area (Å²) in [4.78, 5) is 1.23. The van der Waals surface area contributed by atoms with Crippen molar-refractivity contribution in [3.05, 3.63) is 28.8 Å². The van der Waals surface area contributed by atoms with Crippen LogP contribution in [0.15, 0.2) is 23.1 Å². The monoisotopic (exact) mass is 271 g/mol. The van der Waals surface area contributed by atoms with Crippen molar-refractivity contribution in [3.8, 4) is 0 Å². The van der Waals surface area contributed by atoms with Gasteiger partial charge in [0, 0.05) is 22.7 Å². The lowest BCUT2D eigenvalue weighted by Crippen LogP contribution is -2.22. The molecule has 0 radical (unpaired) electrons. The molecule has 0 saturated carbocycles. The molecule has 0 spiro atoms. The minimum absolute atomic E-state index is 0.496. The Kier molecular flexibility index (Phi) is 6.39. The van der Waals surface area contributed by atoms with E-state index in [1.807, 2.05) is 23.9 Å². The van der Waals surface area contributed by atoms with Gasteiger partial charge >= 0.3 is 0 Å². The van der Waals surface area contributed by atoms with Crippen LogP contribution in [0.1, 0.15) is 39.7 Å². The molecule has 0 amide bonds. The molecule has 17 heavy (non-hydrogen) atoms. The summed E-state index contributed by atoms with van der Waals surface area (Å²) in [5.74, 6) is 0. The van der Waals surface area contributed by atoms with Gasteiger partial charge in [-0.05, 0) is 18.1 Å². The molecule has 0 bridgehead atoms. The third kappa shape index (κ3) is 4.90. The minimum Gasteiger partial charge on any atom is -0.310 e. The Balaban J connectivity index is 2.84. The van der Waals surface area contributed by atoms with E-state index in [0.717, 1.165) is 18.0 Å². The molecule has 1 N–H and O–H groups in total. The number of benzene rings is 1. The molecule has 1 nitrogen and oxygen atoms in total. The number of hydrogen-bond acceptors (Lipinski definition) is 2. The van der Waals surface area contributed by atoms with Gasteiger partial charge in [-0.1, -0.05) is 51.4 Å². The molecule has 1 aromatic rings. The normalized spacial score (nSPS) is 13.1. The second kappa shape index (κ2) is 7.30. The largest absolute Gasteiger partial charge is 0.310 e. The van der Waals surface area contributed by atoms with Crippen molar-refractivity contribution in [1.29, 1.82) is 0 Å². The van der Waals surface area contributed by atoms with Crippen molar-refractivity contribution in [3.63, 3.8) is 0 Å². The Morgan fingerprint density at radius 2 is 2.00 bits per heavy atom. The van der Waals surface area contributed by atoms with Gasteiger partial charge < -0.3 is 5.32 Å². The summed E-state index contributed by atoms with van der Waals surface area (Å²) >= 11 is 8.17. The highest BCUT2D eigenvalue weighted by Gasteiger charge is 2.11. The lowest BCUT2D eigenvalue weighted by atomic mass is 10.2. The average molecular weight is 272 g/mol. The lowest BCUT2D eigenvalue weighted by molar-refractivity contribution is 0.584. The van der Waals surface area contributed by atoms with Crippen molar-refractivity contribution >= 4 is 23.4 Å². The van der Waals surface area contributed by atoms with E-state index >= 15 is 0 Å². The molecule has 0 aromatic heterocycles. The second-order valence-corrected chi connectivity index (χ2v) is 6.46. The van der Waals surface area contributed by atoms with Gasteiger partial charge in [0.1, 0.15) is 0 Å². The van der Waals surface area contributed by atoms with Gasteiger partial charge in [-0.2, -0.15) is 0 Å². The van der Waals surface area contributed by atoms with Crippen LogP contribution in [0.25, 0.3) is 0 Å². The van der Waals surface area contributed by atoms with Gasteiger partial charge in [0.15, 0.2) is 0 Å². The first kappa shape index (κ1) is 14.9. The smallest absolute Gasteiger partial charge is 0.0545 e. The molecule has 0 aliphatic carbocycles. The number of halogens is 1. The topological polar surface area (TPSA) is 12.0 Å². The van der Waals surface area contributed by atoms with Crippen molar-refractivity contribution in [2.45, 2.75) is 56.8 Å². The van der Waals surface area contributed by atoms with Crippen LogP contribution in [0.2, 0.25) is 5.02 Å². The zero-order chi connectivity index (χ0) is 12.8. The van der Waals surface area contributed by atoms with Gasteiger partial charge in [0.25, 0.3) is 0 Å². The predicted molar refractivity (Wildman–Crippen MR) is 79.0 cm³/mol. The molecule has 0 heterocycles. The standard InChI is InChI=1S/C14H22ClNS/c1-5-11(4)17-14-12(9-16-10(2)3)7-6-8-13(14)15/h6-8,10-11,16H,5,9H2,1-4H3. The van der Waals surface area contributed by atoms with E-state index in [0.29, 0.717) is 11.3 Å². The molecule has 1 rings (SSSR count). The molecule has 0 aliphatic rings. The molecule has 3 heteroatoms. The van der Waals surface area contributed by atoms with E-state index in [1.165, 1.54) is 10.5 Å². The van der Waals surface area contributed by atoms with Crippen LogP contribution >= 0.6 is 23.4 Å². The van der Waals surface area contributed by atoms with Crippen LogP contribution in [0.3, 0.4) is 0 Å². The summed E-state index contributed by atoms with van der Waals surface area (Å²) in [7, 11) is 0. The molecular weight excluding hydrogens is 250 g/mol. The van der Waals surface area contributed by atoms with E-state index in [1.54, 1.807) is 0 Å². The Hall–Kier alpha value is -0.180. The Labute approximate surface area is 114 Å². The molecule has 1 unspecified atom stereocenters. The molecule has 96 valence electrons. The third-order valence-corrected chi connectivity index (χ3v) is 4.52. The van der Waals surface area contributed by atoms with Gasteiger partial charge in [-0.3, -0.25) is 0 Å². The van der Waals surface area contributed by atoms with Gasteiger partial charge in [-0.15, -0.1) is 11.8 Å². The van der Waals surface area contributed by atoms with Crippen molar-refractivity contribution in [1.82, 2.24) is 5.32 Å². The van der Waals surface area contributed by atoms with Gasteiger partial charge in [0.2, 0.25) is 0 Å². The fraction of sp³-hybridized carbons (Fsp3) is 0.571. The van der Waals surface area contributed by atoms with Crippen LogP contribution in [0.4, 0.5) is 0 Å². The lowest BCUT2D eigenvalue weighted by Gasteiger charge is -2.16. The van der Waals surface area contributed by atoms with Crippen molar-refractivity contribution < 1.29 is 0 Å². The summed E-state index contributed by atoms with van der Waals surface area (Å²) in [6.07, 6.45) is 1.16. The summed E-state index contributed by atoms with van der Waals surface area (Å²) in [6, 6.07) is 6.66. The molecule has 0 aliphatic heterocycles. The van der Waals surface area contributed by atoms with E-state index < -0.39 is 0 Å². The summed E-state index contributed by atoms with van der Waals surface area (Å²) < 4.78 is 0. The average Bonchev–Trinajstić information content (AvgIpc) is 2.29. The highest BCUT2D eigenvalue weighted by molar-refractivity contribution is 8.00. The maximum absolute atomic E-state index is 6.30. The zero-order valence-corrected chi connectivity index (χ0v) is 12.7. The molecular formula is C14H22ClNS. The maximum Gasteiger partial charge on any atom is 0.0545 e. The quantitative estimate of drug-likeness (QED) is 0.751. The SMILES string of the molecule is CCC(C)Sc1c(Cl)cccc1CNC(C)C. The van der Waals surface area contributed by atoms with Crippen LogP contribution in [-0.4, -0.2) is 11.3 Å². The maximum atomic E-state index is 6.30. The first-order chi connectivity index (χ1) is 8.04. The molecule has 0 fully saturated rings. The van der Waals surface area contributed by atoms with Gasteiger partial charge in [-0.25, -0.2) is 0 Å². The Morgan fingerprint density at radius 3 is 2.59 bits per heavy atom. The van der Waals surface area contributed by atoms with Crippen LogP contribution in [-0.2, 0) is 6.54 Å². The highest BCUT2D eigenvalue weighted by Crippen LogP contribution is 2.34. The van der Waals surface area contributed by atoms with E-state index in [2.05, 4.69) is 39.1 Å². The second-order valence-electron chi connectivity index (χ2n) is 4.60. The first-order valence-electron chi connectivity index (χ1n) is 6.22. The number of nitrogens with one attached hydrogen (secondary N) is 1. The summed E-state index contributed by atoms with van der Waals surface area (Å²) in [5.41, 5.74) is 1.30. The van der Waals surface area contributed by atoms with Crippen molar-refractivity contribution in [2.24, 2.45) is 0 Å². The summed E-state index contributed by atoms with van der Waals surface area (Å²) in [6.45, 7) is 9.66. The van der Waals surface area contributed by atoms with Gasteiger partial charge in [0.05, 0.1) is 5.02 Å². The zero-order valence-electron chi connectivity index (χ0n) is 11.1. The van der Waals surface area contributed by atoms with Crippen LogP contribution in [0.5, 0.6) is 0 Å². The minimum atomic E-state index is 0.496. The molecule has 1 aromatic carbocycles. The molecule has 1 atom stereocenters. The van der Waals surface area contributed by atoms with Crippen molar-refractivity contribution in [2.75, 3.05) is 0 Å². The fourth-order valence-corrected chi connectivity index (χ4v) is 2.79. The number of rotatable bonds is 6. The number of thioether (sulfide) groups is 1. The van der Waals surface area contributed by atoms with Crippen LogP contribution in [0, 0.1) is 0 Å². The first-order valence-corrected chi connectivity index (χ1v) is 7.47. The number of hydrogen-bond donors (Lipinski definition) is 1. The predicted octanol–water partition coefficient (Wildman–Crippen LogP) is 4.73. The fourth-order valence-electron chi connectivity index (χ4n) is 1.42. The van der Waals surface area contributed by atoms with E-state index in [-0.39, 0.29) is 0 Å². The third-order valence-electron chi connectivity index (χ3n) is 2.64. The Bertz CT molecular complexity index is 352. The van der Waals surface area contributed by atoms with Crippen LogP contribution < -0.4 is 5.32 Å². The Morgan fingerprint density at radius 1 is 1.29 bits per heavy atom. The van der Waals surface area contributed by atoms with E-state index in [9.17, 15) is 0 Å². The highest BCUT2D eigenvalue weighted by atomic mass is 35.5. The molecule has 0 saturated heterocycles. The summed E-state index contributed by atoms with van der Waals surface area (Å²) in [5, 5.41) is 4.93. The van der Waals surface area contributed by atoms with E-state index in [4.69, 9.17) is 11.6 Å².